The minimum atomic E-state index is -1.02. The monoisotopic (exact) mass is 293 g/mol. The van der Waals surface area contributed by atoms with E-state index in [9.17, 15) is 10.1 Å². The van der Waals surface area contributed by atoms with Crippen molar-refractivity contribution in [2.45, 2.75) is 31.5 Å². The van der Waals surface area contributed by atoms with Crippen LogP contribution in [0.15, 0.2) is 12.4 Å². The summed E-state index contributed by atoms with van der Waals surface area (Å²) < 4.78 is 1.92. The Morgan fingerprint density at radius 1 is 1.67 bits per heavy atom. The van der Waals surface area contributed by atoms with Crippen LogP contribution in [-0.2, 0) is 23.2 Å². The molecule has 2 N–H and O–H groups in total. The molecule has 2 atom stereocenters. The van der Waals surface area contributed by atoms with Crippen LogP contribution in [0.5, 0.6) is 0 Å². The molecule has 0 bridgehead atoms. The Morgan fingerprint density at radius 3 is 3.10 bits per heavy atom. The van der Waals surface area contributed by atoms with E-state index in [2.05, 4.69) is 16.5 Å². The van der Waals surface area contributed by atoms with Crippen LogP contribution in [-0.4, -0.2) is 50.8 Å². The van der Waals surface area contributed by atoms with Gasteiger partial charge < -0.3 is 9.67 Å². The minimum Gasteiger partial charge on any atom is -0.479 e. The molecular weight excluding hydrogens is 274 g/mol. The zero-order chi connectivity index (χ0) is 15.2. The van der Waals surface area contributed by atoms with E-state index in [4.69, 9.17) is 9.94 Å². The summed E-state index contributed by atoms with van der Waals surface area (Å²) >= 11 is 0. The van der Waals surface area contributed by atoms with Gasteiger partial charge in [-0.25, -0.2) is 9.78 Å². The second kappa shape index (κ2) is 7.17. The lowest BCUT2D eigenvalue weighted by Gasteiger charge is -2.35. The molecule has 8 heteroatoms. The number of aliphatic carboxylic acids is 1. The van der Waals surface area contributed by atoms with Crippen LogP contribution in [0.3, 0.4) is 0 Å². The third kappa shape index (κ3) is 4.26. The van der Waals surface area contributed by atoms with Crippen LogP contribution in [0.25, 0.3) is 0 Å². The van der Waals surface area contributed by atoms with Gasteiger partial charge in [0, 0.05) is 32.0 Å². The van der Waals surface area contributed by atoms with Crippen molar-refractivity contribution in [3.05, 3.63) is 18.2 Å². The van der Waals surface area contributed by atoms with E-state index in [0.717, 1.165) is 18.7 Å². The van der Waals surface area contributed by atoms with Gasteiger partial charge in [-0.2, -0.15) is 10.7 Å². The Balaban J connectivity index is 1.91. The topological polar surface area (TPSA) is 103 Å². The van der Waals surface area contributed by atoms with Gasteiger partial charge in [0.25, 0.3) is 0 Å². The summed E-state index contributed by atoms with van der Waals surface area (Å²) in [5.74, 6) is -0.125. The van der Waals surface area contributed by atoms with Crippen molar-refractivity contribution in [1.82, 2.24) is 19.9 Å². The van der Waals surface area contributed by atoms with Crippen LogP contribution in [0.2, 0.25) is 0 Å². The van der Waals surface area contributed by atoms with Gasteiger partial charge in [0.2, 0.25) is 0 Å². The third-order valence-corrected chi connectivity index (χ3v) is 3.54. The predicted octanol–water partition coefficient (Wildman–Crippen LogP) is -0.118. The zero-order valence-electron chi connectivity index (χ0n) is 11.9. The number of nitrogens with zero attached hydrogens (tertiary/aromatic N) is 4. The van der Waals surface area contributed by atoms with Crippen molar-refractivity contribution in [1.29, 1.82) is 5.26 Å². The molecule has 2 rings (SSSR count). The number of piperidine rings is 1. The maximum Gasteiger partial charge on any atom is 0.331 e. The van der Waals surface area contributed by atoms with Gasteiger partial charge in [-0.05, 0) is 12.8 Å². The van der Waals surface area contributed by atoms with E-state index >= 15 is 0 Å². The van der Waals surface area contributed by atoms with E-state index in [1.54, 1.807) is 6.20 Å². The summed E-state index contributed by atoms with van der Waals surface area (Å²) in [6.07, 6.45) is 5.09. The predicted molar refractivity (Wildman–Crippen MR) is 72.8 cm³/mol. The molecular formula is C13H19N5O3. The second-order valence-corrected chi connectivity index (χ2v) is 5.10. The fourth-order valence-corrected chi connectivity index (χ4v) is 2.41. The normalized spacial score (nSPS) is 22.9. The quantitative estimate of drug-likeness (QED) is 0.705. The number of carbonyl (C=O) groups is 1. The number of nitriles is 1. The Kier molecular flexibility index (Phi) is 5.27. The highest BCUT2D eigenvalue weighted by Gasteiger charge is 2.29. The number of aromatic nitrogens is 2. The molecule has 0 saturated carbocycles. The SMILES string of the molecule is Cn1ccnc1CN1C[C@H](NOCC(=O)O)CC[C@H]1C#N. The highest BCUT2D eigenvalue weighted by Crippen LogP contribution is 2.19. The zero-order valence-corrected chi connectivity index (χ0v) is 11.9. The summed E-state index contributed by atoms with van der Waals surface area (Å²) in [5, 5.41) is 17.8. The average Bonchev–Trinajstić information content (AvgIpc) is 2.84. The first-order valence-corrected chi connectivity index (χ1v) is 6.79. The molecule has 1 aromatic heterocycles. The van der Waals surface area contributed by atoms with E-state index in [1.807, 2.05) is 22.7 Å². The number of carboxylic acid groups (broad SMARTS) is 1. The number of hydrogen-bond acceptors (Lipinski definition) is 6. The molecule has 0 unspecified atom stereocenters. The lowest BCUT2D eigenvalue weighted by Crippen LogP contribution is -2.50. The first-order valence-electron chi connectivity index (χ1n) is 6.79. The number of hydrogen-bond donors (Lipinski definition) is 2. The Bertz CT molecular complexity index is 524. The van der Waals surface area contributed by atoms with E-state index < -0.39 is 5.97 Å². The summed E-state index contributed by atoms with van der Waals surface area (Å²) in [4.78, 5) is 21.7. The fourth-order valence-electron chi connectivity index (χ4n) is 2.41. The molecule has 0 aliphatic carbocycles. The van der Waals surface area contributed by atoms with E-state index in [0.29, 0.717) is 13.1 Å². The molecule has 1 saturated heterocycles. The Labute approximate surface area is 122 Å². The van der Waals surface area contributed by atoms with Crippen molar-refractivity contribution < 1.29 is 14.7 Å². The molecule has 21 heavy (non-hydrogen) atoms. The standard InChI is InChI=1S/C13H19N5O3/c1-17-5-4-15-12(17)8-18-7-10(2-3-11(18)6-14)16-21-9-13(19)20/h4-5,10-11,16H,2-3,7-9H2,1H3,(H,19,20)/t10-,11+/m1/s1. The first-order chi connectivity index (χ1) is 10.1. The fraction of sp³-hybridized carbons (Fsp3) is 0.615. The summed E-state index contributed by atoms with van der Waals surface area (Å²) in [7, 11) is 1.92. The number of aryl methyl sites for hydroxylation is 1. The van der Waals surface area contributed by atoms with Gasteiger partial charge >= 0.3 is 5.97 Å². The summed E-state index contributed by atoms with van der Waals surface area (Å²) in [6.45, 7) is 0.821. The highest BCUT2D eigenvalue weighted by atomic mass is 16.7. The van der Waals surface area contributed by atoms with Crippen LogP contribution < -0.4 is 5.48 Å². The van der Waals surface area contributed by atoms with Crippen molar-refractivity contribution in [3.8, 4) is 6.07 Å². The highest BCUT2D eigenvalue weighted by molar-refractivity contribution is 5.67. The minimum absolute atomic E-state index is 0.00854. The molecule has 0 aromatic carbocycles. The molecule has 1 fully saturated rings. The lowest BCUT2D eigenvalue weighted by molar-refractivity contribution is -0.146. The van der Waals surface area contributed by atoms with Gasteiger partial charge in [0.15, 0.2) is 6.61 Å². The van der Waals surface area contributed by atoms with Gasteiger partial charge in [0.05, 0.1) is 18.7 Å². The van der Waals surface area contributed by atoms with Crippen LogP contribution in [0, 0.1) is 11.3 Å². The van der Waals surface area contributed by atoms with Gasteiger partial charge in [-0.15, -0.1) is 0 Å². The van der Waals surface area contributed by atoms with Crippen LogP contribution in [0.1, 0.15) is 18.7 Å². The molecule has 1 aliphatic rings. The van der Waals surface area contributed by atoms with Crippen molar-refractivity contribution in [3.63, 3.8) is 0 Å². The number of nitrogens with one attached hydrogen (secondary N) is 1. The van der Waals surface area contributed by atoms with E-state index in [1.165, 1.54) is 0 Å². The molecule has 1 aromatic rings. The van der Waals surface area contributed by atoms with Crippen LogP contribution >= 0.6 is 0 Å². The number of imidazole rings is 1. The number of hydroxylamine groups is 1. The van der Waals surface area contributed by atoms with Crippen molar-refractivity contribution in [2.24, 2.45) is 7.05 Å². The first kappa shape index (κ1) is 15.4. The molecule has 114 valence electrons. The van der Waals surface area contributed by atoms with Crippen LogP contribution in [0.4, 0.5) is 0 Å². The molecule has 1 aliphatic heterocycles. The van der Waals surface area contributed by atoms with E-state index in [-0.39, 0.29) is 18.7 Å². The maximum atomic E-state index is 10.4. The second-order valence-electron chi connectivity index (χ2n) is 5.10. The average molecular weight is 293 g/mol. The number of rotatable bonds is 6. The van der Waals surface area contributed by atoms with Gasteiger partial charge in [-0.3, -0.25) is 9.74 Å². The molecule has 2 heterocycles. The number of likely N-dealkylation sites (tertiary alicyclic amines) is 1. The molecule has 0 amide bonds. The largest absolute Gasteiger partial charge is 0.479 e. The van der Waals surface area contributed by atoms with Crippen molar-refractivity contribution >= 4 is 5.97 Å². The lowest BCUT2D eigenvalue weighted by atomic mass is 9.99. The summed E-state index contributed by atoms with van der Waals surface area (Å²) in [6, 6.07) is 2.16. The molecule has 8 nitrogen and oxygen atoms in total. The van der Waals surface area contributed by atoms with Gasteiger partial charge in [0.1, 0.15) is 5.82 Å². The number of carboxylic acids is 1. The van der Waals surface area contributed by atoms with Crippen molar-refractivity contribution in [2.75, 3.05) is 13.2 Å². The Morgan fingerprint density at radius 2 is 2.48 bits per heavy atom. The molecule has 0 radical (unpaired) electrons. The Hall–Kier alpha value is -1.95. The van der Waals surface area contributed by atoms with Gasteiger partial charge in [-0.1, -0.05) is 0 Å². The maximum absolute atomic E-state index is 10.4. The summed E-state index contributed by atoms with van der Waals surface area (Å²) in [5.41, 5.74) is 2.76. The third-order valence-electron chi connectivity index (χ3n) is 3.54. The smallest absolute Gasteiger partial charge is 0.331 e. The molecule has 0 spiro atoms.